The minimum absolute atomic E-state index is 0.0511. The van der Waals surface area contributed by atoms with Gasteiger partial charge in [-0.15, -0.1) is 0 Å². The van der Waals surface area contributed by atoms with Crippen LogP contribution in [0.4, 0.5) is 17.1 Å². The maximum atomic E-state index is 11.3. The number of carbonyl (C=O) groups is 1. The predicted octanol–water partition coefficient (Wildman–Crippen LogP) is 4.06. The lowest BCUT2D eigenvalue weighted by Gasteiger charge is -2.40. The first kappa shape index (κ1) is 22.8. The molecular weight excluding hydrogens is 396 g/mol. The lowest BCUT2D eigenvalue weighted by atomic mass is 9.92. The number of aliphatic carboxylic acids is 1. The molecule has 168 valence electrons. The second kappa shape index (κ2) is 10.4. The molecule has 0 aliphatic carbocycles. The van der Waals surface area contributed by atoms with E-state index in [4.69, 9.17) is 9.47 Å². The predicted molar refractivity (Wildman–Crippen MR) is 120 cm³/mol. The molecule has 2 aromatic rings. The van der Waals surface area contributed by atoms with Crippen LogP contribution in [-0.2, 0) is 9.53 Å². The van der Waals surface area contributed by atoms with Crippen molar-refractivity contribution in [1.29, 1.82) is 0 Å². The van der Waals surface area contributed by atoms with E-state index in [1.807, 2.05) is 6.92 Å². The van der Waals surface area contributed by atoms with Gasteiger partial charge in [0, 0.05) is 6.54 Å². The zero-order valence-electron chi connectivity index (χ0n) is 18.7. The topological polar surface area (TPSA) is 96.8 Å². The van der Waals surface area contributed by atoms with Crippen molar-refractivity contribution in [2.75, 3.05) is 37.1 Å². The molecule has 31 heavy (non-hydrogen) atoms. The summed E-state index contributed by atoms with van der Waals surface area (Å²) in [6.45, 7) is 8.56. The third-order valence-electron chi connectivity index (χ3n) is 5.74. The number of aromatic nitrogens is 2. The molecule has 0 saturated carbocycles. The van der Waals surface area contributed by atoms with Gasteiger partial charge < -0.3 is 24.8 Å². The number of hydrogen-bond acceptors (Lipinski definition) is 7. The third kappa shape index (κ3) is 5.64. The van der Waals surface area contributed by atoms with Crippen molar-refractivity contribution < 1.29 is 19.4 Å². The Morgan fingerprint density at radius 2 is 2.10 bits per heavy atom. The largest absolute Gasteiger partial charge is 0.481 e. The Kier molecular flexibility index (Phi) is 7.68. The number of ether oxygens (including phenoxy) is 2. The maximum Gasteiger partial charge on any atom is 0.316 e. The van der Waals surface area contributed by atoms with Gasteiger partial charge in [-0.1, -0.05) is 26.8 Å². The van der Waals surface area contributed by atoms with Gasteiger partial charge in [0.15, 0.2) is 0 Å². The van der Waals surface area contributed by atoms with E-state index in [0.29, 0.717) is 25.1 Å². The molecule has 1 saturated heterocycles. The number of nitrogens with zero attached hydrogens (tertiary/aromatic N) is 3. The average Bonchev–Trinajstić information content (AvgIpc) is 2.78. The van der Waals surface area contributed by atoms with Crippen LogP contribution in [0, 0.1) is 5.92 Å². The highest BCUT2D eigenvalue weighted by Gasteiger charge is 2.28. The van der Waals surface area contributed by atoms with Crippen molar-refractivity contribution >= 4 is 23.0 Å². The van der Waals surface area contributed by atoms with Gasteiger partial charge in [0.2, 0.25) is 0 Å². The standard InChI is InChI=1S/C23H32N4O4/c1-5-16(11-22(28)29)17-6-7-20(27-8-9-31-14-21(27)15(2)3)19(10-17)26-18-12-24-23(30-4)25-13-18/h6-7,10,12-13,15-16,21,26H,5,8-9,11,14H2,1-4H3,(H,28,29). The number of nitrogens with one attached hydrogen (secondary N) is 1. The quantitative estimate of drug-likeness (QED) is 0.617. The first-order chi connectivity index (χ1) is 14.9. The molecule has 0 radical (unpaired) electrons. The molecule has 8 heteroatoms. The molecule has 0 bridgehead atoms. The molecule has 0 amide bonds. The molecule has 2 N–H and O–H groups in total. The fourth-order valence-corrected chi connectivity index (χ4v) is 3.98. The number of benzene rings is 1. The van der Waals surface area contributed by atoms with Gasteiger partial charge in [0.05, 0.1) is 62.2 Å². The van der Waals surface area contributed by atoms with Crippen LogP contribution in [0.3, 0.4) is 0 Å². The molecule has 3 rings (SSSR count). The Labute approximate surface area is 183 Å². The molecule has 2 heterocycles. The summed E-state index contributed by atoms with van der Waals surface area (Å²) in [5.74, 6) is -0.417. The molecule has 2 unspecified atom stereocenters. The van der Waals surface area contributed by atoms with Crippen molar-refractivity contribution in [2.24, 2.45) is 5.92 Å². The Balaban J connectivity index is 2.00. The normalized spacial score (nSPS) is 17.5. The van der Waals surface area contributed by atoms with Crippen LogP contribution >= 0.6 is 0 Å². The van der Waals surface area contributed by atoms with E-state index in [-0.39, 0.29) is 18.4 Å². The van der Waals surface area contributed by atoms with Crippen LogP contribution in [0.15, 0.2) is 30.6 Å². The first-order valence-corrected chi connectivity index (χ1v) is 10.8. The van der Waals surface area contributed by atoms with Gasteiger partial charge in [-0.3, -0.25) is 4.79 Å². The summed E-state index contributed by atoms with van der Waals surface area (Å²) in [4.78, 5) is 22.1. The first-order valence-electron chi connectivity index (χ1n) is 10.8. The van der Waals surface area contributed by atoms with Crippen molar-refractivity contribution in [3.8, 4) is 6.01 Å². The highest BCUT2D eigenvalue weighted by atomic mass is 16.5. The lowest BCUT2D eigenvalue weighted by Crippen LogP contribution is -2.48. The van der Waals surface area contributed by atoms with Crippen molar-refractivity contribution in [3.05, 3.63) is 36.2 Å². The summed E-state index contributed by atoms with van der Waals surface area (Å²) < 4.78 is 10.8. The summed E-state index contributed by atoms with van der Waals surface area (Å²) in [7, 11) is 1.53. The van der Waals surface area contributed by atoms with E-state index in [0.717, 1.165) is 35.6 Å². The van der Waals surface area contributed by atoms with Crippen molar-refractivity contribution in [1.82, 2.24) is 9.97 Å². The zero-order valence-corrected chi connectivity index (χ0v) is 18.7. The number of morpholine rings is 1. The van der Waals surface area contributed by atoms with Gasteiger partial charge in [-0.05, 0) is 36.0 Å². The van der Waals surface area contributed by atoms with E-state index in [1.165, 1.54) is 7.11 Å². The number of hydrogen-bond donors (Lipinski definition) is 2. The van der Waals surface area contributed by atoms with E-state index in [9.17, 15) is 9.90 Å². The van der Waals surface area contributed by atoms with Gasteiger partial charge in [0.1, 0.15) is 0 Å². The van der Waals surface area contributed by atoms with E-state index >= 15 is 0 Å². The molecule has 1 aromatic heterocycles. The summed E-state index contributed by atoms with van der Waals surface area (Å²) in [6, 6.07) is 6.76. The van der Waals surface area contributed by atoms with Crippen LogP contribution in [0.2, 0.25) is 0 Å². The number of carboxylic acids is 1. The van der Waals surface area contributed by atoms with Gasteiger partial charge in [-0.2, -0.15) is 0 Å². The van der Waals surface area contributed by atoms with Crippen LogP contribution in [0.1, 0.15) is 45.1 Å². The summed E-state index contributed by atoms with van der Waals surface area (Å²) in [5, 5.41) is 12.8. The lowest BCUT2D eigenvalue weighted by molar-refractivity contribution is -0.137. The average molecular weight is 429 g/mol. The third-order valence-corrected chi connectivity index (χ3v) is 5.74. The summed E-state index contributed by atoms with van der Waals surface area (Å²) in [6.07, 6.45) is 4.21. The molecule has 1 fully saturated rings. The van der Waals surface area contributed by atoms with Gasteiger partial charge >= 0.3 is 12.0 Å². The number of carboxylic acid groups (broad SMARTS) is 1. The Morgan fingerprint density at radius 3 is 2.71 bits per heavy atom. The SMILES string of the molecule is CCC(CC(=O)O)c1ccc(N2CCOCC2C(C)C)c(Nc2cnc(OC)nc2)c1. The van der Waals surface area contributed by atoms with Crippen molar-refractivity contribution in [2.45, 2.75) is 45.6 Å². The van der Waals surface area contributed by atoms with Crippen LogP contribution in [0.25, 0.3) is 0 Å². The van der Waals surface area contributed by atoms with E-state index in [1.54, 1.807) is 12.4 Å². The fraction of sp³-hybridized carbons (Fsp3) is 0.522. The molecule has 1 aromatic carbocycles. The molecule has 1 aliphatic heterocycles. The van der Waals surface area contributed by atoms with Gasteiger partial charge in [0.25, 0.3) is 0 Å². The zero-order chi connectivity index (χ0) is 22.4. The van der Waals surface area contributed by atoms with Crippen LogP contribution in [-0.4, -0.2) is 54.0 Å². The Morgan fingerprint density at radius 1 is 1.35 bits per heavy atom. The monoisotopic (exact) mass is 428 g/mol. The van der Waals surface area contributed by atoms with Crippen molar-refractivity contribution in [3.63, 3.8) is 0 Å². The fourth-order valence-electron chi connectivity index (χ4n) is 3.98. The number of rotatable bonds is 9. The number of methoxy groups -OCH3 is 1. The Bertz CT molecular complexity index is 872. The smallest absolute Gasteiger partial charge is 0.316 e. The minimum Gasteiger partial charge on any atom is -0.481 e. The number of anilines is 3. The highest BCUT2D eigenvalue weighted by molar-refractivity contribution is 5.77. The van der Waals surface area contributed by atoms with Crippen LogP contribution in [0.5, 0.6) is 6.01 Å². The molecule has 0 spiro atoms. The molecular formula is C23H32N4O4. The van der Waals surface area contributed by atoms with Crippen LogP contribution < -0.4 is 15.0 Å². The van der Waals surface area contributed by atoms with E-state index in [2.05, 4.69) is 52.2 Å². The maximum absolute atomic E-state index is 11.3. The second-order valence-electron chi connectivity index (χ2n) is 8.14. The summed E-state index contributed by atoms with van der Waals surface area (Å²) in [5.41, 5.74) is 3.70. The van der Waals surface area contributed by atoms with E-state index < -0.39 is 5.97 Å². The highest BCUT2D eigenvalue weighted by Crippen LogP contribution is 2.36. The summed E-state index contributed by atoms with van der Waals surface area (Å²) >= 11 is 0. The Hall–Kier alpha value is -2.87. The molecule has 8 nitrogen and oxygen atoms in total. The molecule has 2 atom stereocenters. The minimum atomic E-state index is -0.790. The second-order valence-corrected chi connectivity index (χ2v) is 8.14. The molecule has 1 aliphatic rings. The van der Waals surface area contributed by atoms with Gasteiger partial charge in [-0.25, -0.2) is 9.97 Å².